The number of carbonyl (C=O) groups excluding carboxylic acids is 2. The van der Waals surface area contributed by atoms with Gasteiger partial charge in [0.25, 0.3) is 0 Å². The molecule has 0 fully saturated rings. The van der Waals surface area contributed by atoms with Gasteiger partial charge in [-0.1, -0.05) is 31.4 Å². The van der Waals surface area contributed by atoms with Gasteiger partial charge in [-0.15, -0.1) is 6.42 Å². The summed E-state index contributed by atoms with van der Waals surface area (Å²) in [7, 11) is 0. The highest BCUT2D eigenvalue weighted by Gasteiger charge is 2.21. The molecule has 21 heavy (non-hydrogen) atoms. The van der Waals surface area contributed by atoms with E-state index in [4.69, 9.17) is 15.9 Å². The average Bonchev–Trinajstić information content (AvgIpc) is 2.47. The van der Waals surface area contributed by atoms with Crippen molar-refractivity contribution in [2.75, 3.05) is 0 Å². The van der Waals surface area contributed by atoms with Gasteiger partial charge in [0.05, 0.1) is 17.2 Å². The lowest BCUT2D eigenvalue weighted by molar-refractivity contribution is 0.0305. The highest BCUT2D eigenvalue weighted by molar-refractivity contribution is 6.03. The first-order valence-electron chi connectivity index (χ1n) is 6.96. The maximum Gasteiger partial charge on any atom is 0.340 e. The Labute approximate surface area is 125 Å². The van der Waals surface area contributed by atoms with E-state index in [-0.39, 0.29) is 17.2 Å². The number of rotatable bonds is 6. The molecule has 1 aromatic rings. The second-order valence-electron chi connectivity index (χ2n) is 4.76. The summed E-state index contributed by atoms with van der Waals surface area (Å²) in [6.45, 7) is 5.42. The van der Waals surface area contributed by atoms with Crippen LogP contribution < -0.4 is 0 Å². The summed E-state index contributed by atoms with van der Waals surface area (Å²) in [6, 6.07) is 6.39. The number of ether oxygens (including phenoxy) is 2. The largest absolute Gasteiger partial charge is 0.459 e. The van der Waals surface area contributed by atoms with Crippen LogP contribution in [0.2, 0.25) is 0 Å². The summed E-state index contributed by atoms with van der Waals surface area (Å²) in [5.41, 5.74) is 0.350. The van der Waals surface area contributed by atoms with Crippen LogP contribution in [0, 0.1) is 12.3 Å². The van der Waals surface area contributed by atoms with E-state index in [0.717, 1.165) is 12.8 Å². The van der Waals surface area contributed by atoms with Gasteiger partial charge in [-0.25, -0.2) is 9.59 Å². The van der Waals surface area contributed by atoms with Gasteiger partial charge in [0.1, 0.15) is 0 Å². The number of carbonyl (C=O) groups is 2. The summed E-state index contributed by atoms with van der Waals surface area (Å²) in [4.78, 5) is 24.2. The Hall–Kier alpha value is -2.28. The predicted molar refractivity (Wildman–Crippen MR) is 79.9 cm³/mol. The molecule has 2 unspecified atom stereocenters. The van der Waals surface area contributed by atoms with E-state index in [1.54, 1.807) is 19.1 Å². The first-order chi connectivity index (χ1) is 9.99. The van der Waals surface area contributed by atoms with Crippen molar-refractivity contribution in [3.05, 3.63) is 35.4 Å². The average molecular weight is 288 g/mol. The summed E-state index contributed by atoms with van der Waals surface area (Å²) in [5.74, 6) is 1.14. The van der Waals surface area contributed by atoms with E-state index in [0.29, 0.717) is 0 Å². The van der Waals surface area contributed by atoms with Gasteiger partial charge < -0.3 is 9.47 Å². The van der Waals surface area contributed by atoms with Crippen LogP contribution in [-0.4, -0.2) is 24.1 Å². The zero-order valence-electron chi connectivity index (χ0n) is 12.6. The van der Waals surface area contributed by atoms with Crippen LogP contribution in [0.25, 0.3) is 0 Å². The lowest BCUT2D eigenvalue weighted by Gasteiger charge is -2.14. The Kier molecular flexibility index (Phi) is 6.48. The normalized spacial score (nSPS) is 12.9. The predicted octanol–water partition coefficient (Wildman–Crippen LogP) is 3.21. The SMILES string of the molecule is C#CC(C)OC(=O)c1ccccc1C(=O)OC(C)CCC. The number of benzene rings is 1. The molecule has 0 saturated heterocycles. The Morgan fingerprint density at radius 2 is 1.67 bits per heavy atom. The third kappa shape index (κ3) is 4.96. The molecule has 0 aliphatic rings. The van der Waals surface area contributed by atoms with Crippen LogP contribution in [0.15, 0.2) is 24.3 Å². The number of esters is 2. The molecule has 0 saturated carbocycles. The first-order valence-corrected chi connectivity index (χ1v) is 6.96. The molecular formula is C17H20O4. The summed E-state index contributed by atoms with van der Waals surface area (Å²) < 4.78 is 10.4. The third-order valence-electron chi connectivity index (χ3n) is 2.89. The maximum absolute atomic E-state index is 12.1. The molecule has 0 bridgehead atoms. The van der Waals surface area contributed by atoms with Crippen molar-refractivity contribution >= 4 is 11.9 Å². The molecule has 0 heterocycles. The quantitative estimate of drug-likeness (QED) is 0.596. The van der Waals surface area contributed by atoms with E-state index in [1.165, 1.54) is 12.1 Å². The van der Waals surface area contributed by atoms with Gasteiger partial charge in [-0.05, 0) is 32.4 Å². The Bertz CT molecular complexity index is 542. The van der Waals surface area contributed by atoms with Gasteiger partial charge >= 0.3 is 11.9 Å². The van der Waals surface area contributed by atoms with Gasteiger partial charge in [0.2, 0.25) is 0 Å². The Morgan fingerprint density at radius 1 is 1.14 bits per heavy atom. The molecule has 4 nitrogen and oxygen atoms in total. The zero-order valence-corrected chi connectivity index (χ0v) is 12.6. The molecular weight excluding hydrogens is 268 g/mol. The van der Waals surface area contributed by atoms with Crippen molar-refractivity contribution in [3.8, 4) is 12.3 Å². The Morgan fingerprint density at radius 3 is 2.14 bits per heavy atom. The van der Waals surface area contributed by atoms with E-state index < -0.39 is 18.0 Å². The lowest BCUT2D eigenvalue weighted by atomic mass is 10.1. The molecule has 0 aromatic heterocycles. The van der Waals surface area contributed by atoms with Gasteiger partial charge in [-0.3, -0.25) is 0 Å². The molecule has 112 valence electrons. The molecule has 2 atom stereocenters. The highest BCUT2D eigenvalue weighted by atomic mass is 16.5. The summed E-state index contributed by atoms with van der Waals surface area (Å²) in [5, 5.41) is 0. The van der Waals surface area contributed by atoms with Crippen molar-refractivity contribution in [2.24, 2.45) is 0 Å². The number of terminal acetylenes is 1. The van der Waals surface area contributed by atoms with Crippen molar-refractivity contribution in [1.29, 1.82) is 0 Å². The number of hydrogen-bond acceptors (Lipinski definition) is 4. The molecule has 0 N–H and O–H groups in total. The van der Waals surface area contributed by atoms with Gasteiger partial charge in [0.15, 0.2) is 6.10 Å². The van der Waals surface area contributed by atoms with Crippen LogP contribution in [0.1, 0.15) is 54.3 Å². The molecule has 1 aromatic carbocycles. The van der Waals surface area contributed by atoms with Crippen molar-refractivity contribution in [2.45, 2.75) is 45.8 Å². The Balaban J connectivity index is 2.91. The topological polar surface area (TPSA) is 52.6 Å². The van der Waals surface area contributed by atoms with Crippen molar-refractivity contribution in [1.82, 2.24) is 0 Å². The lowest BCUT2D eigenvalue weighted by Crippen LogP contribution is -2.20. The molecule has 1 rings (SSSR count). The fourth-order valence-corrected chi connectivity index (χ4v) is 1.81. The molecule has 0 aliphatic heterocycles. The highest BCUT2D eigenvalue weighted by Crippen LogP contribution is 2.15. The van der Waals surface area contributed by atoms with E-state index in [9.17, 15) is 9.59 Å². The van der Waals surface area contributed by atoms with E-state index >= 15 is 0 Å². The third-order valence-corrected chi connectivity index (χ3v) is 2.89. The van der Waals surface area contributed by atoms with Gasteiger partial charge in [0, 0.05) is 0 Å². The molecule has 0 aliphatic carbocycles. The minimum Gasteiger partial charge on any atom is -0.459 e. The second kappa shape index (κ2) is 8.11. The summed E-state index contributed by atoms with van der Waals surface area (Å²) >= 11 is 0. The molecule has 0 radical (unpaired) electrons. The smallest absolute Gasteiger partial charge is 0.340 e. The fourth-order valence-electron chi connectivity index (χ4n) is 1.81. The van der Waals surface area contributed by atoms with Crippen LogP contribution >= 0.6 is 0 Å². The second-order valence-corrected chi connectivity index (χ2v) is 4.76. The van der Waals surface area contributed by atoms with Crippen LogP contribution in [-0.2, 0) is 9.47 Å². The molecule has 0 spiro atoms. The van der Waals surface area contributed by atoms with E-state index in [1.807, 2.05) is 13.8 Å². The minimum atomic E-state index is -0.652. The van der Waals surface area contributed by atoms with Crippen molar-refractivity contribution < 1.29 is 19.1 Å². The van der Waals surface area contributed by atoms with Gasteiger partial charge in [-0.2, -0.15) is 0 Å². The van der Waals surface area contributed by atoms with E-state index in [2.05, 4.69) is 5.92 Å². The zero-order chi connectivity index (χ0) is 15.8. The summed E-state index contributed by atoms with van der Waals surface area (Å²) in [6.07, 6.45) is 6.01. The van der Waals surface area contributed by atoms with Crippen LogP contribution in [0.4, 0.5) is 0 Å². The van der Waals surface area contributed by atoms with Crippen LogP contribution in [0.5, 0.6) is 0 Å². The monoisotopic (exact) mass is 288 g/mol. The standard InChI is InChI=1S/C17H20O4/c1-5-9-13(4)21-17(19)15-11-8-7-10-14(15)16(18)20-12(3)6-2/h2,7-8,10-13H,5,9H2,1,3-4H3. The molecule has 4 heteroatoms. The maximum atomic E-state index is 12.1. The fraction of sp³-hybridized carbons (Fsp3) is 0.412. The molecule has 0 amide bonds. The number of hydrogen-bond donors (Lipinski definition) is 0. The van der Waals surface area contributed by atoms with Crippen LogP contribution in [0.3, 0.4) is 0 Å². The van der Waals surface area contributed by atoms with Crippen molar-refractivity contribution in [3.63, 3.8) is 0 Å². The minimum absolute atomic E-state index is 0.160. The first kappa shape index (κ1) is 16.8.